The lowest BCUT2D eigenvalue weighted by Crippen LogP contribution is -2.33. The monoisotopic (exact) mass is 318 g/mol. The van der Waals surface area contributed by atoms with Crippen molar-refractivity contribution in [2.75, 3.05) is 0 Å². The van der Waals surface area contributed by atoms with Crippen molar-refractivity contribution in [1.82, 2.24) is 5.43 Å². The number of hydrogen-bond donors (Lipinski definition) is 2. The van der Waals surface area contributed by atoms with Gasteiger partial charge in [0.05, 0.1) is 6.21 Å². The molecule has 2 aromatic rings. The van der Waals surface area contributed by atoms with E-state index in [1.807, 2.05) is 0 Å². The van der Waals surface area contributed by atoms with Crippen LogP contribution >= 0.6 is 11.6 Å². The Balaban J connectivity index is 1.89. The molecular formula is C16H15ClN2O3. The van der Waals surface area contributed by atoms with Gasteiger partial charge >= 0.3 is 0 Å². The average Bonchev–Trinajstić information content (AvgIpc) is 2.51. The number of phenolic OH excluding ortho intramolecular Hbond substituents is 1. The first kappa shape index (κ1) is 15.9. The second-order valence-corrected chi connectivity index (χ2v) is 4.94. The van der Waals surface area contributed by atoms with Gasteiger partial charge in [-0.15, -0.1) is 0 Å². The molecule has 114 valence electrons. The molecule has 0 heterocycles. The maximum atomic E-state index is 11.9. The van der Waals surface area contributed by atoms with Gasteiger partial charge in [0.15, 0.2) is 6.10 Å². The molecule has 0 radical (unpaired) electrons. The average molecular weight is 319 g/mol. The topological polar surface area (TPSA) is 70.9 Å². The predicted octanol–water partition coefficient (Wildman–Crippen LogP) is 2.96. The van der Waals surface area contributed by atoms with Crippen LogP contribution in [0.3, 0.4) is 0 Å². The number of hydrogen-bond acceptors (Lipinski definition) is 4. The lowest BCUT2D eigenvalue weighted by Gasteiger charge is -2.12. The summed E-state index contributed by atoms with van der Waals surface area (Å²) >= 11 is 5.78. The van der Waals surface area contributed by atoms with E-state index in [1.165, 1.54) is 12.3 Å². The van der Waals surface area contributed by atoms with Crippen molar-refractivity contribution < 1.29 is 14.6 Å². The molecule has 0 fully saturated rings. The number of carbonyl (C=O) groups excluding carboxylic acids is 1. The Morgan fingerprint density at radius 3 is 2.64 bits per heavy atom. The highest BCUT2D eigenvalue weighted by molar-refractivity contribution is 6.30. The molecule has 0 aliphatic rings. The summed E-state index contributed by atoms with van der Waals surface area (Å²) < 4.78 is 5.46. The third-order valence-electron chi connectivity index (χ3n) is 2.81. The fourth-order valence-corrected chi connectivity index (χ4v) is 1.75. The zero-order chi connectivity index (χ0) is 15.9. The van der Waals surface area contributed by atoms with Crippen molar-refractivity contribution in [2.45, 2.75) is 13.0 Å². The molecule has 0 unspecified atom stereocenters. The molecule has 0 saturated heterocycles. The number of halogens is 1. The van der Waals surface area contributed by atoms with Crippen molar-refractivity contribution in [3.8, 4) is 11.5 Å². The molecule has 0 bridgehead atoms. The largest absolute Gasteiger partial charge is 0.507 e. The predicted molar refractivity (Wildman–Crippen MR) is 85.4 cm³/mol. The minimum atomic E-state index is -0.720. The molecule has 0 saturated carbocycles. The third kappa shape index (κ3) is 4.49. The van der Waals surface area contributed by atoms with Crippen molar-refractivity contribution >= 4 is 23.7 Å². The van der Waals surface area contributed by atoms with Crippen LogP contribution < -0.4 is 10.2 Å². The molecule has 0 aliphatic heterocycles. The first-order chi connectivity index (χ1) is 10.6. The Morgan fingerprint density at radius 1 is 1.27 bits per heavy atom. The number of ether oxygens (including phenoxy) is 1. The van der Waals surface area contributed by atoms with Crippen molar-refractivity contribution in [1.29, 1.82) is 0 Å². The minimum Gasteiger partial charge on any atom is -0.507 e. The summed E-state index contributed by atoms with van der Waals surface area (Å²) in [5.74, 6) is 0.226. The van der Waals surface area contributed by atoms with Crippen LogP contribution in [0.15, 0.2) is 53.6 Å². The summed E-state index contributed by atoms with van der Waals surface area (Å²) in [4.78, 5) is 11.9. The van der Waals surface area contributed by atoms with E-state index < -0.39 is 12.0 Å². The van der Waals surface area contributed by atoms with Crippen LogP contribution in [0.1, 0.15) is 12.5 Å². The molecule has 22 heavy (non-hydrogen) atoms. The van der Waals surface area contributed by atoms with Crippen LogP contribution in [0.25, 0.3) is 0 Å². The zero-order valence-electron chi connectivity index (χ0n) is 11.9. The van der Waals surface area contributed by atoms with Gasteiger partial charge in [0.25, 0.3) is 5.91 Å². The molecule has 0 aromatic heterocycles. The van der Waals surface area contributed by atoms with Crippen LogP contribution in [-0.2, 0) is 4.79 Å². The quantitative estimate of drug-likeness (QED) is 0.657. The Bertz CT molecular complexity index is 671. The van der Waals surface area contributed by atoms with Crippen LogP contribution in [0.5, 0.6) is 11.5 Å². The van der Waals surface area contributed by atoms with Crippen LogP contribution in [-0.4, -0.2) is 23.3 Å². The Hall–Kier alpha value is -2.53. The van der Waals surface area contributed by atoms with Crippen molar-refractivity contribution in [2.24, 2.45) is 5.10 Å². The van der Waals surface area contributed by atoms with E-state index in [0.29, 0.717) is 16.3 Å². The first-order valence-electron chi connectivity index (χ1n) is 6.59. The first-order valence-corrected chi connectivity index (χ1v) is 6.97. The zero-order valence-corrected chi connectivity index (χ0v) is 12.6. The molecule has 1 atom stereocenters. The molecule has 2 aromatic carbocycles. The molecule has 5 nitrogen and oxygen atoms in total. The van der Waals surface area contributed by atoms with E-state index in [9.17, 15) is 9.90 Å². The van der Waals surface area contributed by atoms with E-state index >= 15 is 0 Å². The summed E-state index contributed by atoms with van der Waals surface area (Å²) in [6.07, 6.45) is 0.644. The number of phenols is 1. The van der Waals surface area contributed by atoms with Gasteiger partial charge in [0.2, 0.25) is 0 Å². The fourth-order valence-electron chi connectivity index (χ4n) is 1.62. The summed E-state index contributed by atoms with van der Waals surface area (Å²) in [5.41, 5.74) is 2.87. The van der Waals surface area contributed by atoms with Crippen molar-refractivity contribution in [3.05, 3.63) is 59.1 Å². The molecule has 2 N–H and O–H groups in total. The van der Waals surface area contributed by atoms with Gasteiger partial charge in [-0.2, -0.15) is 5.10 Å². The molecule has 0 spiro atoms. The number of nitrogens with zero attached hydrogens (tertiary/aromatic N) is 1. The summed E-state index contributed by atoms with van der Waals surface area (Å²) in [6.45, 7) is 1.61. The van der Waals surface area contributed by atoms with Gasteiger partial charge in [0, 0.05) is 10.6 Å². The Labute approximate surface area is 133 Å². The number of nitrogens with one attached hydrogen (secondary N) is 1. The summed E-state index contributed by atoms with van der Waals surface area (Å²) in [6, 6.07) is 13.4. The number of amides is 1. The van der Waals surface area contributed by atoms with Crippen LogP contribution in [0.4, 0.5) is 0 Å². The van der Waals surface area contributed by atoms with E-state index in [4.69, 9.17) is 16.3 Å². The number of hydrazone groups is 1. The maximum absolute atomic E-state index is 11.9. The van der Waals surface area contributed by atoms with E-state index in [-0.39, 0.29) is 5.75 Å². The maximum Gasteiger partial charge on any atom is 0.280 e. The van der Waals surface area contributed by atoms with Gasteiger partial charge in [-0.05, 0) is 43.3 Å². The molecule has 6 heteroatoms. The third-order valence-corrected chi connectivity index (χ3v) is 3.06. The van der Waals surface area contributed by atoms with E-state index in [1.54, 1.807) is 49.4 Å². The fraction of sp³-hybridized carbons (Fsp3) is 0.125. The second kappa shape index (κ2) is 7.47. The standard InChI is InChI=1S/C16H15ClN2O3/c1-11(22-14-8-6-13(17)7-9-14)16(21)19-18-10-12-4-2-3-5-15(12)20/h2-11,20H,1H3,(H,19,21)/t11-/m1/s1. The van der Waals surface area contributed by atoms with Crippen molar-refractivity contribution in [3.63, 3.8) is 0 Å². The number of aromatic hydroxyl groups is 1. The summed E-state index contributed by atoms with van der Waals surface area (Å²) in [7, 11) is 0. The number of rotatable bonds is 5. The minimum absolute atomic E-state index is 0.0889. The van der Waals surface area contributed by atoms with Gasteiger partial charge in [-0.1, -0.05) is 23.7 Å². The lowest BCUT2D eigenvalue weighted by atomic mass is 10.2. The lowest BCUT2D eigenvalue weighted by molar-refractivity contribution is -0.127. The highest BCUT2D eigenvalue weighted by atomic mass is 35.5. The molecule has 0 aliphatic carbocycles. The highest BCUT2D eigenvalue weighted by Gasteiger charge is 2.13. The normalized spacial score (nSPS) is 12.1. The smallest absolute Gasteiger partial charge is 0.280 e. The van der Waals surface area contributed by atoms with Gasteiger partial charge in [-0.25, -0.2) is 5.43 Å². The number of benzene rings is 2. The Morgan fingerprint density at radius 2 is 1.95 bits per heavy atom. The van der Waals surface area contributed by atoms with Gasteiger partial charge < -0.3 is 9.84 Å². The molecular weight excluding hydrogens is 304 g/mol. The summed E-state index contributed by atoms with van der Waals surface area (Å²) in [5, 5.41) is 14.0. The van der Waals surface area contributed by atoms with Gasteiger partial charge in [0.1, 0.15) is 11.5 Å². The molecule has 2 rings (SSSR count). The molecule has 1 amide bonds. The Kier molecular flexibility index (Phi) is 5.38. The van der Waals surface area contributed by atoms with Crippen LogP contribution in [0.2, 0.25) is 5.02 Å². The van der Waals surface area contributed by atoms with E-state index in [2.05, 4.69) is 10.5 Å². The number of carbonyl (C=O) groups is 1. The number of para-hydroxylation sites is 1. The second-order valence-electron chi connectivity index (χ2n) is 4.51. The van der Waals surface area contributed by atoms with Crippen LogP contribution in [0, 0.1) is 0 Å². The van der Waals surface area contributed by atoms with Gasteiger partial charge in [-0.3, -0.25) is 4.79 Å². The van der Waals surface area contributed by atoms with E-state index in [0.717, 1.165) is 0 Å². The SMILES string of the molecule is C[C@@H](Oc1ccc(Cl)cc1)C(=O)NN=Cc1ccccc1O. The highest BCUT2D eigenvalue weighted by Crippen LogP contribution is 2.16.